The van der Waals surface area contributed by atoms with Crippen LogP contribution in [0.3, 0.4) is 0 Å². The van der Waals surface area contributed by atoms with Crippen LogP contribution in [0.1, 0.15) is 44.0 Å². The van der Waals surface area contributed by atoms with E-state index in [4.69, 9.17) is 4.74 Å². The third kappa shape index (κ3) is 3.96. The van der Waals surface area contributed by atoms with Gasteiger partial charge >= 0.3 is 5.97 Å². The number of carbonyl (C=O) groups excluding carboxylic acids is 1. The van der Waals surface area contributed by atoms with Gasteiger partial charge in [0.2, 0.25) is 0 Å². The molecule has 0 fully saturated rings. The minimum absolute atomic E-state index is 0.0899. The maximum Gasteiger partial charge on any atom is 0.338 e. The Bertz CT molecular complexity index is 633. The number of nitro benzene ring substituents is 1. The van der Waals surface area contributed by atoms with Gasteiger partial charge in [0.05, 0.1) is 16.6 Å². The number of nitro groups is 1. The predicted molar refractivity (Wildman–Crippen MR) is 85.1 cm³/mol. The molecular weight excluding hydrogens is 298 g/mol. The summed E-state index contributed by atoms with van der Waals surface area (Å²) in [6, 6.07) is 5.22. The molecule has 0 heterocycles. The Hall–Kier alpha value is -2.21. The number of aliphatic hydroxyl groups excluding tert-OH is 1. The van der Waals surface area contributed by atoms with Gasteiger partial charge in [-0.2, -0.15) is 0 Å². The number of aliphatic hydroxyl groups is 1. The number of nitrogens with zero attached hydrogens (tertiary/aromatic N) is 1. The first kappa shape index (κ1) is 17.1. The van der Waals surface area contributed by atoms with E-state index in [9.17, 15) is 20.0 Å². The summed E-state index contributed by atoms with van der Waals surface area (Å²) < 4.78 is 5.44. The highest BCUT2D eigenvalue weighted by Gasteiger charge is 2.37. The topological polar surface area (TPSA) is 89.7 Å². The van der Waals surface area contributed by atoms with Crippen molar-refractivity contribution in [1.82, 2.24) is 0 Å². The molecule has 0 amide bonds. The van der Waals surface area contributed by atoms with Crippen LogP contribution in [0.5, 0.6) is 0 Å². The molecule has 0 aromatic heterocycles. The van der Waals surface area contributed by atoms with Crippen LogP contribution in [0.25, 0.3) is 0 Å². The Kier molecular flexibility index (Phi) is 4.85. The Balaban J connectivity index is 2.17. The van der Waals surface area contributed by atoms with Crippen molar-refractivity contribution in [1.29, 1.82) is 0 Å². The van der Waals surface area contributed by atoms with E-state index >= 15 is 0 Å². The number of rotatable bonds is 3. The van der Waals surface area contributed by atoms with Crippen LogP contribution in [-0.4, -0.2) is 28.2 Å². The van der Waals surface area contributed by atoms with E-state index in [0.29, 0.717) is 0 Å². The minimum Gasteiger partial charge on any atom is -0.452 e. The summed E-state index contributed by atoms with van der Waals surface area (Å²) in [4.78, 5) is 22.3. The van der Waals surface area contributed by atoms with Crippen LogP contribution in [-0.2, 0) is 4.74 Å². The molecule has 0 saturated carbocycles. The molecule has 6 nitrogen and oxygen atoms in total. The van der Waals surface area contributed by atoms with Gasteiger partial charge in [0.1, 0.15) is 6.10 Å². The van der Waals surface area contributed by atoms with Gasteiger partial charge in [-0.25, -0.2) is 4.79 Å². The van der Waals surface area contributed by atoms with Crippen molar-refractivity contribution >= 4 is 11.7 Å². The van der Waals surface area contributed by atoms with Gasteiger partial charge in [0.15, 0.2) is 0 Å². The molecule has 2 rings (SSSR count). The molecule has 23 heavy (non-hydrogen) atoms. The third-order valence-corrected chi connectivity index (χ3v) is 4.28. The summed E-state index contributed by atoms with van der Waals surface area (Å²) in [5.41, 5.74) is 0.828. The van der Waals surface area contributed by atoms with Crippen LogP contribution < -0.4 is 0 Å². The van der Waals surface area contributed by atoms with E-state index in [2.05, 4.69) is 0 Å². The molecule has 1 aromatic rings. The lowest BCUT2D eigenvalue weighted by Gasteiger charge is -2.32. The molecule has 0 bridgehead atoms. The molecule has 0 saturated heterocycles. The number of allylic oxidation sites excluding steroid dienone is 1. The van der Waals surface area contributed by atoms with Crippen molar-refractivity contribution < 1.29 is 19.6 Å². The monoisotopic (exact) mass is 319 g/mol. The van der Waals surface area contributed by atoms with Gasteiger partial charge in [-0.1, -0.05) is 19.4 Å². The van der Waals surface area contributed by atoms with E-state index in [1.54, 1.807) is 6.08 Å². The van der Waals surface area contributed by atoms with Gasteiger partial charge in [-0.15, -0.1) is 0 Å². The largest absolute Gasteiger partial charge is 0.452 e. The van der Waals surface area contributed by atoms with Crippen molar-refractivity contribution in [3.8, 4) is 0 Å². The molecule has 1 N–H and O–H groups in total. The summed E-state index contributed by atoms with van der Waals surface area (Å²) in [6.07, 6.45) is 1.90. The van der Waals surface area contributed by atoms with Crippen molar-refractivity contribution in [2.45, 2.75) is 45.8 Å². The van der Waals surface area contributed by atoms with Gasteiger partial charge in [0, 0.05) is 12.1 Å². The molecule has 0 radical (unpaired) electrons. The average molecular weight is 319 g/mol. The van der Waals surface area contributed by atoms with Crippen LogP contribution in [0.4, 0.5) is 5.69 Å². The summed E-state index contributed by atoms with van der Waals surface area (Å²) in [7, 11) is 0. The first-order chi connectivity index (χ1) is 10.7. The highest BCUT2D eigenvalue weighted by molar-refractivity contribution is 5.89. The highest BCUT2D eigenvalue weighted by atomic mass is 16.6. The lowest BCUT2D eigenvalue weighted by Crippen LogP contribution is -2.40. The fourth-order valence-corrected chi connectivity index (χ4v) is 2.58. The zero-order valence-electron chi connectivity index (χ0n) is 13.5. The highest BCUT2D eigenvalue weighted by Crippen LogP contribution is 2.35. The van der Waals surface area contributed by atoms with Crippen molar-refractivity contribution in [2.75, 3.05) is 0 Å². The molecule has 124 valence electrons. The van der Waals surface area contributed by atoms with Crippen molar-refractivity contribution in [3.63, 3.8) is 0 Å². The summed E-state index contributed by atoms with van der Waals surface area (Å²) in [6.45, 7) is 5.83. The molecule has 1 aliphatic rings. The molecule has 0 aliphatic heterocycles. The number of hydrogen-bond acceptors (Lipinski definition) is 5. The zero-order valence-corrected chi connectivity index (χ0v) is 13.5. The van der Waals surface area contributed by atoms with Gasteiger partial charge in [-0.05, 0) is 43.4 Å². The van der Waals surface area contributed by atoms with Crippen LogP contribution in [0.2, 0.25) is 0 Å². The number of ether oxygens (including phenoxy) is 1. The van der Waals surface area contributed by atoms with E-state index < -0.39 is 23.1 Å². The van der Waals surface area contributed by atoms with Crippen molar-refractivity contribution in [2.24, 2.45) is 5.41 Å². The molecular formula is C17H21NO5. The second kappa shape index (κ2) is 6.50. The Morgan fingerprint density at radius 3 is 2.52 bits per heavy atom. The van der Waals surface area contributed by atoms with E-state index in [1.165, 1.54) is 24.3 Å². The number of non-ortho nitro benzene ring substituents is 1. The molecule has 6 heteroatoms. The lowest BCUT2D eigenvalue weighted by atomic mass is 9.81. The van der Waals surface area contributed by atoms with Crippen LogP contribution in [0, 0.1) is 15.5 Å². The molecule has 0 spiro atoms. The maximum atomic E-state index is 12.2. The maximum absolute atomic E-state index is 12.2. The van der Waals surface area contributed by atoms with E-state index in [0.717, 1.165) is 18.4 Å². The summed E-state index contributed by atoms with van der Waals surface area (Å²) in [5.74, 6) is -0.606. The summed E-state index contributed by atoms with van der Waals surface area (Å²) in [5, 5.41) is 21.1. The SMILES string of the molecule is CC1=CC(OC(=O)c2ccc([N+](=O)[O-])cc2)C(O)C(C)(C)CC1. The number of hydrogen-bond donors (Lipinski definition) is 1. The first-order valence-corrected chi connectivity index (χ1v) is 7.51. The molecule has 2 atom stereocenters. The number of benzene rings is 1. The average Bonchev–Trinajstić information content (AvgIpc) is 2.59. The Morgan fingerprint density at radius 2 is 1.96 bits per heavy atom. The van der Waals surface area contributed by atoms with E-state index in [1.807, 2.05) is 20.8 Å². The smallest absolute Gasteiger partial charge is 0.338 e. The normalized spacial score (nSPS) is 23.6. The predicted octanol–water partition coefficient (Wildman–Crippen LogP) is 3.25. The molecule has 1 aromatic carbocycles. The standard InChI is InChI=1S/C17H21NO5/c1-11-8-9-17(2,3)15(19)14(10-11)23-16(20)12-4-6-13(7-5-12)18(21)22/h4-7,10,14-15,19H,8-9H2,1-3H3. The quantitative estimate of drug-likeness (QED) is 0.400. The fourth-order valence-electron chi connectivity index (χ4n) is 2.58. The Morgan fingerprint density at radius 1 is 1.35 bits per heavy atom. The Labute approximate surface area is 134 Å². The summed E-state index contributed by atoms with van der Waals surface area (Å²) >= 11 is 0. The molecule has 1 aliphatic carbocycles. The van der Waals surface area contributed by atoms with Crippen LogP contribution in [0.15, 0.2) is 35.9 Å². The van der Waals surface area contributed by atoms with Gasteiger partial charge in [0.25, 0.3) is 5.69 Å². The number of carbonyl (C=O) groups is 1. The second-order valence-electron chi connectivity index (χ2n) is 6.62. The van der Waals surface area contributed by atoms with Gasteiger partial charge < -0.3 is 9.84 Å². The van der Waals surface area contributed by atoms with Crippen LogP contribution >= 0.6 is 0 Å². The minimum atomic E-state index is -0.804. The van der Waals surface area contributed by atoms with E-state index in [-0.39, 0.29) is 16.7 Å². The first-order valence-electron chi connectivity index (χ1n) is 7.51. The fraction of sp³-hybridized carbons (Fsp3) is 0.471. The zero-order chi connectivity index (χ0) is 17.2. The molecule has 2 unspecified atom stereocenters. The van der Waals surface area contributed by atoms with Crippen molar-refractivity contribution in [3.05, 3.63) is 51.6 Å². The third-order valence-electron chi connectivity index (χ3n) is 4.28. The van der Waals surface area contributed by atoms with Gasteiger partial charge in [-0.3, -0.25) is 10.1 Å². The lowest BCUT2D eigenvalue weighted by molar-refractivity contribution is -0.384. The number of esters is 1. The second-order valence-corrected chi connectivity index (χ2v) is 6.62.